The van der Waals surface area contributed by atoms with E-state index in [9.17, 15) is 18.0 Å². The first-order valence-electron chi connectivity index (χ1n) is 8.21. The third-order valence-electron chi connectivity index (χ3n) is 4.69. The first kappa shape index (κ1) is 17.8. The summed E-state index contributed by atoms with van der Waals surface area (Å²) in [7, 11) is -2.10. The van der Waals surface area contributed by atoms with Crippen molar-refractivity contribution in [2.75, 3.05) is 19.8 Å². The summed E-state index contributed by atoms with van der Waals surface area (Å²) in [6.07, 6.45) is 10.3. The molecule has 25 heavy (non-hydrogen) atoms. The van der Waals surface area contributed by atoms with Crippen molar-refractivity contribution in [2.45, 2.75) is 25.7 Å². The summed E-state index contributed by atoms with van der Waals surface area (Å²) < 4.78 is 23.7. The smallest absolute Gasteiger partial charge is 0.261 e. The number of fused-ring (bicyclic) bond motifs is 2. The second-order valence-corrected chi connectivity index (χ2v) is 8.64. The average molecular weight is 363 g/mol. The van der Waals surface area contributed by atoms with Crippen molar-refractivity contribution >= 4 is 27.5 Å². The van der Waals surface area contributed by atoms with Crippen LogP contribution in [0.1, 0.15) is 25.7 Å². The Balaban J connectivity index is 1.79. The summed E-state index contributed by atoms with van der Waals surface area (Å²) in [5, 5.41) is 2.90. The number of amides is 2. The predicted octanol–water partition coefficient (Wildman–Crippen LogP) is 0.916. The number of allylic oxidation sites excluding steroid dienone is 3. The van der Waals surface area contributed by atoms with Gasteiger partial charge >= 0.3 is 0 Å². The van der Waals surface area contributed by atoms with E-state index in [0.29, 0.717) is 5.71 Å². The molecule has 1 aliphatic heterocycles. The molecule has 1 N–H and O–H groups in total. The summed E-state index contributed by atoms with van der Waals surface area (Å²) in [4.78, 5) is 28.2. The molecule has 8 heteroatoms. The van der Waals surface area contributed by atoms with Crippen LogP contribution in [0.4, 0.5) is 0 Å². The van der Waals surface area contributed by atoms with Crippen LogP contribution in [0, 0.1) is 5.92 Å². The van der Waals surface area contributed by atoms with Crippen LogP contribution in [-0.4, -0.2) is 50.1 Å². The number of nitrogens with zero attached hydrogens (tertiary/aromatic N) is 2. The fourth-order valence-corrected chi connectivity index (χ4v) is 3.65. The fraction of sp³-hybridized carbons (Fsp3) is 0.471. The van der Waals surface area contributed by atoms with E-state index in [-0.39, 0.29) is 18.4 Å². The van der Waals surface area contributed by atoms with Crippen molar-refractivity contribution in [1.82, 2.24) is 9.62 Å². The molecule has 1 heterocycles. The van der Waals surface area contributed by atoms with E-state index < -0.39 is 15.9 Å². The van der Waals surface area contributed by atoms with E-state index in [4.69, 9.17) is 0 Å². The van der Waals surface area contributed by atoms with Gasteiger partial charge in [-0.2, -0.15) is 4.31 Å². The van der Waals surface area contributed by atoms with Crippen LogP contribution in [0.2, 0.25) is 0 Å². The summed E-state index contributed by atoms with van der Waals surface area (Å²) in [6, 6.07) is 0. The Morgan fingerprint density at radius 3 is 2.80 bits per heavy atom. The van der Waals surface area contributed by atoms with Gasteiger partial charge in [0.1, 0.15) is 0 Å². The van der Waals surface area contributed by atoms with E-state index in [1.54, 1.807) is 12.2 Å². The van der Waals surface area contributed by atoms with Gasteiger partial charge in [-0.3, -0.25) is 9.59 Å². The molecule has 1 atom stereocenters. The minimum atomic E-state index is -3.43. The molecule has 0 fully saturated rings. The maximum atomic E-state index is 12.3. The third-order valence-corrected chi connectivity index (χ3v) is 5.96. The minimum absolute atomic E-state index is 0.0424. The highest BCUT2D eigenvalue weighted by molar-refractivity contribution is 7.88. The molecule has 0 saturated carbocycles. The fourth-order valence-electron chi connectivity index (χ4n) is 3.31. The summed E-state index contributed by atoms with van der Waals surface area (Å²) in [5.74, 6) is -0.571. The molecule has 7 nitrogen and oxygen atoms in total. The van der Waals surface area contributed by atoms with Gasteiger partial charge in [-0.05, 0) is 43.4 Å². The topological polar surface area (TPSA) is 95.9 Å². The van der Waals surface area contributed by atoms with Crippen LogP contribution < -0.4 is 5.32 Å². The Bertz CT molecular complexity index is 849. The number of rotatable bonds is 3. The molecule has 3 aliphatic rings. The van der Waals surface area contributed by atoms with E-state index >= 15 is 0 Å². The number of sulfonamides is 1. The lowest BCUT2D eigenvalue weighted by Gasteiger charge is -2.33. The number of hydrogen-bond acceptors (Lipinski definition) is 4. The lowest BCUT2D eigenvalue weighted by atomic mass is 9.77. The number of aliphatic imine (C=N–C) groups is 1. The lowest BCUT2D eigenvalue weighted by molar-refractivity contribution is -0.118. The maximum absolute atomic E-state index is 12.3. The highest BCUT2D eigenvalue weighted by Gasteiger charge is 2.33. The molecule has 0 aromatic rings. The molecule has 0 saturated heterocycles. The van der Waals surface area contributed by atoms with Gasteiger partial charge in [-0.15, -0.1) is 0 Å². The van der Waals surface area contributed by atoms with Crippen molar-refractivity contribution in [3.8, 4) is 0 Å². The molecule has 1 unspecified atom stereocenters. The Morgan fingerprint density at radius 1 is 1.36 bits per heavy atom. The van der Waals surface area contributed by atoms with Gasteiger partial charge in [-0.1, -0.05) is 6.08 Å². The van der Waals surface area contributed by atoms with E-state index in [2.05, 4.69) is 10.3 Å². The number of hydrogen-bond donors (Lipinski definition) is 1. The Morgan fingerprint density at radius 2 is 2.08 bits per heavy atom. The largest absolute Gasteiger partial charge is 0.325 e. The van der Waals surface area contributed by atoms with Gasteiger partial charge < -0.3 is 5.32 Å². The van der Waals surface area contributed by atoms with Crippen LogP contribution in [-0.2, 0) is 19.6 Å². The molecular weight excluding hydrogens is 342 g/mol. The maximum Gasteiger partial charge on any atom is 0.261 e. The molecule has 0 aromatic heterocycles. The number of carbonyl (C=O) groups excluding carboxylic acids is 2. The molecule has 134 valence electrons. The summed E-state index contributed by atoms with van der Waals surface area (Å²) >= 11 is 0. The van der Waals surface area contributed by atoms with Crippen LogP contribution in [0.3, 0.4) is 0 Å². The highest BCUT2D eigenvalue weighted by atomic mass is 32.2. The van der Waals surface area contributed by atoms with Gasteiger partial charge in [0.25, 0.3) is 11.8 Å². The highest BCUT2D eigenvalue weighted by Crippen LogP contribution is 2.38. The Kier molecular flexibility index (Phi) is 4.75. The Hall–Kier alpha value is -2.06. The molecule has 2 amide bonds. The van der Waals surface area contributed by atoms with E-state index in [1.165, 1.54) is 12.6 Å². The molecule has 0 aromatic carbocycles. The van der Waals surface area contributed by atoms with Gasteiger partial charge in [-0.25, -0.2) is 13.4 Å². The first-order chi connectivity index (χ1) is 11.8. The Labute approximate surface area is 147 Å². The van der Waals surface area contributed by atoms with Crippen molar-refractivity contribution in [3.63, 3.8) is 0 Å². The van der Waals surface area contributed by atoms with Gasteiger partial charge in [0.05, 0.1) is 18.5 Å². The lowest BCUT2D eigenvalue weighted by Crippen LogP contribution is -2.37. The van der Waals surface area contributed by atoms with Crippen LogP contribution in [0.5, 0.6) is 0 Å². The van der Waals surface area contributed by atoms with Crippen LogP contribution in [0.25, 0.3) is 0 Å². The normalized spacial score (nSPS) is 24.8. The summed E-state index contributed by atoms with van der Waals surface area (Å²) in [6.45, 7) is -0.315. The minimum Gasteiger partial charge on any atom is -0.325 e. The average Bonchev–Trinajstić information content (AvgIpc) is 2.54. The number of carbonyl (C=O) groups is 2. The van der Waals surface area contributed by atoms with Crippen molar-refractivity contribution in [2.24, 2.45) is 10.9 Å². The van der Waals surface area contributed by atoms with E-state index in [0.717, 1.165) is 47.5 Å². The number of likely N-dealkylation sites (N-methyl/N-ethyl adjacent to an activating group) is 1. The zero-order valence-electron chi connectivity index (χ0n) is 14.3. The van der Waals surface area contributed by atoms with Crippen molar-refractivity contribution < 1.29 is 18.0 Å². The third kappa shape index (κ3) is 3.80. The van der Waals surface area contributed by atoms with E-state index in [1.807, 2.05) is 6.08 Å². The SMILES string of the molecule is CN(CC(=O)N=C1C=CC2C(=C1)NC(=O)C1=C2CCCC1)S(C)(=O)=O. The standard InChI is InChI=1S/C17H21N3O4S/c1-20(25(2,23)24)10-16(21)18-11-7-8-13-12-5-3-4-6-14(12)17(22)19-15(13)9-11/h7-9,13H,3-6,10H2,1-2H3,(H,19,22). The van der Waals surface area contributed by atoms with Gasteiger partial charge in [0, 0.05) is 24.2 Å². The van der Waals surface area contributed by atoms with Crippen LogP contribution in [0.15, 0.2) is 40.1 Å². The molecular formula is C17H21N3O4S. The predicted molar refractivity (Wildman–Crippen MR) is 94.3 cm³/mol. The van der Waals surface area contributed by atoms with Crippen molar-refractivity contribution in [3.05, 3.63) is 35.1 Å². The zero-order valence-corrected chi connectivity index (χ0v) is 15.1. The van der Waals surface area contributed by atoms with Crippen LogP contribution >= 0.6 is 0 Å². The molecule has 3 rings (SSSR count). The molecule has 0 spiro atoms. The second-order valence-electron chi connectivity index (χ2n) is 6.55. The van der Waals surface area contributed by atoms with Gasteiger partial charge in [0.15, 0.2) is 0 Å². The molecule has 0 radical (unpaired) electrons. The monoisotopic (exact) mass is 363 g/mol. The zero-order chi connectivity index (χ0) is 18.2. The number of nitrogens with one attached hydrogen (secondary N) is 1. The molecule has 2 aliphatic carbocycles. The molecule has 0 bridgehead atoms. The van der Waals surface area contributed by atoms with Crippen molar-refractivity contribution in [1.29, 1.82) is 0 Å². The summed E-state index contributed by atoms with van der Waals surface area (Å²) in [5.41, 5.74) is 3.21. The first-order valence-corrected chi connectivity index (χ1v) is 10.1. The second kappa shape index (κ2) is 6.68. The quantitative estimate of drug-likeness (QED) is 0.806. The van der Waals surface area contributed by atoms with Gasteiger partial charge in [0.2, 0.25) is 10.0 Å².